The molecule has 3 aliphatic rings. The monoisotopic (exact) mass is 473 g/mol. The normalized spacial score (nSPS) is 21.5. The van der Waals surface area contributed by atoms with Crippen molar-refractivity contribution in [2.75, 3.05) is 5.32 Å². The number of fused-ring (bicyclic) bond motifs is 2. The fourth-order valence-corrected chi connectivity index (χ4v) is 5.01. The Labute approximate surface area is 200 Å². The Morgan fingerprint density at radius 1 is 0.914 bits per heavy atom. The molecule has 1 fully saturated rings. The lowest BCUT2D eigenvalue weighted by Gasteiger charge is -2.27. The topological polar surface area (TPSA) is 130 Å². The van der Waals surface area contributed by atoms with Gasteiger partial charge < -0.3 is 5.32 Å². The van der Waals surface area contributed by atoms with Crippen molar-refractivity contribution < 1.29 is 28.8 Å². The number of hydrogen-bond donors (Lipinski definition) is 2. The number of carbonyl (C=O) groups is 6. The SMILES string of the molecule is O=C1CCC(N2C(=O)c3ccc(NC(=O)CCC4CCc5ccccc5C4=O)cc3C2=O)C(=O)N1. The van der Waals surface area contributed by atoms with Gasteiger partial charge in [0.05, 0.1) is 11.1 Å². The van der Waals surface area contributed by atoms with E-state index in [-0.39, 0.29) is 48.0 Å². The molecule has 5 amide bonds. The van der Waals surface area contributed by atoms with Crippen molar-refractivity contribution in [2.45, 2.75) is 44.6 Å². The van der Waals surface area contributed by atoms with Crippen LogP contribution in [0.1, 0.15) is 68.7 Å². The third-order valence-corrected chi connectivity index (χ3v) is 6.86. The largest absolute Gasteiger partial charge is 0.326 e. The molecule has 2 aliphatic heterocycles. The summed E-state index contributed by atoms with van der Waals surface area (Å²) in [5, 5.41) is 4.89. The van der Waals surface area contributed by atoms with Crippen LogP contribution in [0.3, 0.4) is 0 Å². The number of Topliss-reactive ketones (excluding diaryl/α,β-unsaturated/α-hetero) is 1. The fourth-order valence-electron chi connectivity index (χ4n) is 5.01. The number of benzene rings is 2. The minimum Gasteiger partial charge on any atom is -0.326 e. The zero-order valence-electron chi connectivity index (χ0n) is 18.8. The van der Waals surface area contributed by atoms with E-state index in [0.717, 1.165) is 22.4 Å². The van der Waals surface area contributed by atoms with E-state index in [1.165, 1.54) is 18.2 Å². The molecule has 1 saturated heterocycles. The van der Waals surface area contributed by atoms with Gasteiger partial charge in [0.2, 0.25) is 17.7 Å². The molecule has 2 aromatic rings. The number of ketones is 1. The summed E-state index contributed by atoms with van der Waals surface area (Å²) in [5.74, 6) is -2.80. The van der Waals surface area contributed by atoms with E-state index in [1.54, 1.807) is 0 Å². The Morgan fingerprint density at radius 2 is 1.69 bits per heavy atom. The summed E-state index contributed by atoms with van der Waals surface area (Å²) in [6.45, 7) is 0. The number of piperidine rings is 1. The molecule has 0 spiro atoms. The van der Waals surface area contributed by atoms with E-state index in [4.69, 9.17) is 0 Å². The molecule has 35 heavy (non-hydrogen) atoms. The van der Waals surface area contributed by atoms with Crippen molar-refractivity contribution in [3.8, 4) is 0 Å². The van der Waals surface area contributed by atoms with Gasteiger partial charge >= 0.3 is 0 Å². The maximum Gasteiger partial charge on any atom is 0.262 e. The third-order valence-electron chi connectivity index (χ3n) is 6.86. The smallest absolute Gasteiger partial charge is 0.262 e. The van der Waals surface area contributed by atoms with Crippen molar-refractivity contribution in [1.29, 1.82) is 0 Å². The zero-order valence-corrected chi connectivity index (χ0v) is 18.8. The maximum absolute atomic E-state index is 12.9. The Bertz CT molecular complexity index is 1300. The van der Waals surface area contributed by atoms with Gasteiger partial charge in [0.25, 0.3) is 11.8 Å². The van der Waals surface area contributed by atoms with Gasteiger partial charge in [-0.15, -0.1) is 0 Å². The van der Waals surface area contributed by atoms with Gasteiger partial charge in [0.15, 0.2) is 5.78 Å². The summed E-state index contributed by atoms with van der Waals surface area (Å²) in [4.78, 5) is 75.5. The molecule has 2 unspecified atom stereocenters. The Morgan fingerprint density at radius 3 is 2.49 bits per heavy atom. The first kappa shape index (κ1) is 22.6. The Kier molecular flexibility index (Phi) is 5.76. The molecule has 0 bridgehead atoms. The predicted molar refractivity (Wildman–Crippen MR) is 124 cm³/mol. The highest BCUT2D eigenvalue weighted by atomic mass is 16.2. The lowest BCUT2D eigenvalue weighted by molar-refractivity contribution is -0.136. The maximum atomic E-state index is 12.9. The minimum absolute atomic E-state index is 0.0419. The highest BCUT2D eigenvalue weighted by Gasteiger charge is 2.44. The van der Waals surface area contributed by atoms with E-state index >= 15 is 0 Å². The second-order valence-corrected chi connectivity index (χ2v) is 9.05. The lowest BCUT2D eigenvalue weighted by atomic mass is 9.80. The summed E-state index contributed by atoms with van der Waals surface area (Å²) < 4.78 is 0. The van der Waals surface area contributed by atoms with E-state index in [0.29, 0.717) is 18.5 Å². The molecule has 2 heterocycles. The van der Waals surface area contributed by atoms with Crippen molar-refractivity contribution in [3.05, 3.63) is 64.7 Å². The number of nitrogens with one attached hydrogen (secondary N) is 2. The highest BCUT2D eigenvalue weighted by molar-refractivity contribution is 6.24. The van der Waals surface area contributed by atoms with Crippen LogP contribution in [0, 0.1) is 5.92 Å². The standard InChI is InChI=1S/C26H23N3O6/c30-21(11-7-15-6-5-14-3-1-2-4-17(14)23(15)32)27-16-8-9-18-19(13-16)26(35)29(25(18)34)20-10-12-22(31)28-24(20)33/h1-4,8-9,13,15,20H,5-7,10-12H2,(H,27,30)(H,28,31,33). The van der Waals surface area contributed by atoms with Gasteiger partial charge in [-0.3, -0.25) is 39.0 Å². The molecule has 5 rings (SSSR count). The van der Waals surface area contributed by atoms with Crippen molar-refractivity contribution in [2.24, 2.45) is 5.92 Å². The molecule has 178 valence electrons. The van der Waals surface area contributed by atoms with Crippen LogP contribution in [0.15, 0.2) is 42.5 Å². The molecular weight excluding hydrogens is 450 g/mol. The number of hydrogen-bond acceptors (Lipinski definition) is 6. The van der Waals surface area contributed by atoms with Gasteiger partial charge in [0.1, 0.15) is 6.04 Å². The first-order valence-corrected chi connectivity index (χ1v) is 11.6. The van der Waals surface area contributed by atoms with Crippen molar-refractivity contribution in [3.63, 3.8) is 0 Å². The number of rotatable bonds is 5. The quantitative estimate of drug-likeness (QED) is 0.641. The molecule has 9 nitrogen and oxygen atoms in total. The number of amides is 5. The number of nitrogens with zero attached hydrogens (tertiary/aromatic N) is 1. The van der Waals surface area contributed by atoms with Crippen molar-refractivity contribution >= 4 is 41.0 Å². The second-order valence-electron chi connectivity index (χ2n) is 9.05. The fraction of sp³-hybridized carbons (Fsp3) is 0.308. The molecular formula is C26H23N3O6. The van der Waals surface area contributed by atoms with Crippen LogP contribution in [-0.4, -0.2) is 46.3 Å². The van der Waals surface area contributed by atoms with Gasteiger partial charge in [-0.2, -0.15) is 0 Å². The Hall–Kier alpha value is -4.14. The first-order valence-electron chi connectivity index (χ1n) is 11.6. The second kappa shape index (κ2) is 8.90. The van der Waals surface area contributed by atoms with E-state index in [1.807, 2.05) is 24.3 Å². The number of aryl methyl sites for hydroxylation is 1. The summed E-state index contributed by atoms with van der Waals surface area (Å²) in [5.41, 5.74) is 2.36. The first-order chi connectivity index (χ1) is 16.8. The summed E-state index contributed by atoms with van der Waals surface area (Å²) >= 11 is 0. The molecule has 0 saturated carbocycles. The lowest BCUT2D eigenvalue weighted by Crippen LogP contribution is -2.54. The highest BCUT2D eigenvalue weighted by Crippen LogP contribution is 2.31. The van der Waals surface area contributed by atoms with Crippen LogP contribution in [-0.2, 0) is 20.8 Å². The van der Waals surface area contributed by atoms with Gasteiger partial charge in [0, 0.05) is 30.0 Å². The van der Waals surface area contributed by atoms with Crippen molar-refractivity contribution in [1.82, 2.24) is 10.2 Å². The van der Waals surface area contributed by atoms with Crippen LogP contribution < -0.4 is 10.6 Å². The summed E-state index contributed by atoms with van der Waals surface area (Å²) in [6.07, 6.45) is 2.19. The van der Waals surface area contributed by atoms with E-state index in [2.05, 4.69) is 10.6 Å². The van der Waals surface area contributed by atoms with Crippen LogP contribution >= 0.6 is 0 Å². The predicted octanol–water partition coefficient (Wildman–Crippen LogP) is 2.25. The van der Waals surface area contributed by atoms with Gasteiger partial charge in [-0.1, -0.05) is 24.3 Å². The van der Waals surface area contributed by atoms with Crippen LogP contribution in [0.4, 0.5) is 5.69 Å². The van der Waals surface area contributed by atoms with Gasteiger partial charge in [-0.05, 0) is 49.4 Å². The molecule has 0 radical (unpaired) electrons. The van der Waals surface area contributed by atoms with E-state index in [9.17, 15) is 28.8 Å². The van der Waals surface area contributed by atoms with Crippen LogP contribution in [0.2, 0.25) is 0 Å². The van der Waals surface area contributed by atoms with Gasteiger partial charge in [-0.25, -0.2) is 0 Å². The van der Waals surface area contributed by atoms with Crippen LogP contribution in [0.25, 0.3) is 0 Å². The number of carbonyl (C=O) groups excluding carboxylic acids is 6. The Balaban J connectivity index is 1.23. The minimum atomic E-state index is -1.05. The number of imide groups is 2. The van der Waals surface area contributed by atoms with E-state index < -0.39 is 29.7 Å². The zero-order chi connectivity index (χ0) is 24.7. The molecule has 1 aliphatic carbocycles. The summed E-state index contributed by atoms with van der Waals surface area (Å²) in [7, 11) is 0. The molecule has 2 atom stereocenters. The molecule has 2 aromatic carbocycles. The average Bonchev–Trinajstić information content (AvgIpc) is 3.08. The van der Waals surface area contributed by atoms with Crippen LogP contribution in [0.5, 0.6) is 0 Å². The molecule has 0 aromatic heterocycles. The molecule has 9 heteroatoms. The third kappa shape index (κ3) is 4.14. The summed E-state index contributed by atoms with van der Waals surface area (Å²) in [6, 6.07) is 10.9. The average molecular weight is 473 g/mol. The molecule has 2 N–H and O–H groups in total. The number of anilines is 1.